The summed E-state index contributed by atoms with van der Waals surface area (Å²) in [6.45, 7) is 2.82. The van der Waals surface area contributed by atoms with Crippen LogP contribution < -0.4 is 14.8 Å². The first-order chi connectivity index (χ1) is 11.2. The predicted octanol–water partition coefficient (Wildman–Crippen LogP) is 2.52. The largest absolute Gasteiger partial charge is 0.493 e. The lowest BCUT2D eigenvalue weighted by Gasteiger charge is -2.32. The zero-order valence-corrected chi connectivity index (χ0v) is 15.7. The number of methoxy groups -OCH3 is 2. The van der Waals surface area contributed by atoms with Crippen molar-refractivity contribution in [3.63, 3.8) is 0 Å². The fraction of sp³-hybridized carbons (Fsp3) is 0.611. The van der Waals surface area contributed by atoms with Gasteiger partial charge in [-0.05, 0) is 56.5 Å². The minimum atomic E-state index is 0. The van der Waals surface area contributed by atoms with Crippen LogP contribution in [-0.4, -0.2) is 51.7 Å². The molecule has 0 unspecified atom stereocenters. The van der Waals surface area contributed by atoms with Gasteiger partial charge in [0.2, 0.25) is 5.91 Å². The second-order valence-electron chi connectivity index (χ2n) is 6.07. The van der Waals surface area contributed by atoms with E-state index in [4.69, 9.17) is 9.47 Å². The highest BCUT2D eigenvalue weighted by molar-refractivity contribution is 5.85. The van der Waals surface area contributed by atoms with Crippen molar-refractivity contribution in [2.45, 2.75) is 25.7 Å². The molecular formula is C18H29ClN2O3. The van der Waals surface area contributed by atoms with E-state index >= 15 is 0 Å². The van der Waals surface area contributed by atoms with Crippen molar-refractivity contribution >= 4 is 18.3 Å². The molecule has 1 aliphatic rings. The molecule has 0 atom stereocenters. The minimum Gasteiger partial charge on any atom is -0.493 e. The Hall–Kier alpha value is -1.46. The van der Waals surface area contributed by atoms with Gasteiger partial charge in [-0.2, -0.15) is 0 Å². The summed E-state index contributed by atoms with van der Waals surface area (Å²) in [5.41, 5.74) is 1.10. The van der Waals surface area contributed by atoms with E-state index < -0.39 is 0 Å². The van der Waals surface area contributed by atoms with Crippen LogP contribution in [-0.2, 0) is 11.2 Å². The maximum absolute atomic E-state index is 12.4. The summed E-state index contributed by atoms with van der Waals surface area (Å²) in [6.07, 6.45) is 3.48. The third-order valence-electron chi connectivity index (χ3n) is 4.54. The summed E-state index contributed by atoms with van der Waals surface area (Å²) >= 11 is 0. The highest BCUT2D eigenvalue weighted by atomic mass is 35.5. The Morgan fingerprint density at radius 3 is 2.46 bits per heavy atom. The number of benzene rings is 1. The van der Waals surface area contributed by atoms with Gasteiger partial charge in [0.25, 0.3) is 0 Å². The number of aryl methyl sites for hydroxylation is 1. The first-order valence-electron chi connectivity index (χ1n) is 8.31. The van der Waals surface area contributed by atoms with E-state index in [2.05, 4.69) is 5.32 Å². The van der Waals surface area contributed by atoms with Crippen LogP contribution in [0.1, 0.15) is 24.8 Å². The molecule has 0 radical (unpaired) electrons. The van der Waals surface area contributed by atoms with Gasteiger partial charge >= 0.3 is 0 Å². The zero-order valence-electron chi connectivity index (χ0n) is 14.8. The number of carbonyl (C=O) groups excluding carboxylic acids is 1. The molecule has 0 aliphatic carbocycles. The number of hydrogen-bond acceptors (Lipinski definition) is 4. The summed E-state index contributed by atoms with van der Waals surface area (Å²) in [7, 11) is 5.24. The van der Waals surface area contributed by atoms with E-state index in [-0.39, 0.29) is 18.3 Å². The van der Waals surface area contributed by atoms with Crippen LogP contribution in [0, 0.1) is 5.92 Å². The van der Waals surface area contributed by atoms with E-state index in [9.17, 15) is 4.79 Å². The van der Waals surface area contributed by atoms with Crippen molar-refractivity contribution in [3.05, 3.63) is 23.8 Å². The SMILES string of the molecule is CNCC1CCN(C(=O)CCc2ccc(OC)c(OC)c2)CC1.Cl. The van der Waals surface area contributed by atoms with Gasteiger partial charge < -0.3 is 19.7 Å². The highest BCUT2D eigenvalue weighted by Gasteiger charge is 2.22. The molecule has 0 saturated carbocycles. The molecule has 24 heavy (non-hydrogen) atoms. The van der Waals surface area contributed by atoms with Crippen LogP contribution >= 0.6 is 12.4 Å². The molecule has 1 aromatic rings. The van der Waals surface area contributed by atoms with Crippen molar-refractivity contribution in [3.8, 4) is 11.5 Å². The Kier molecular flexibility index (Phi) is 8.93. The quantitative estimate of drug-likeness (QED) is 0.815. The van der Waals surface area contributed by atoms with Crippen LogP contribution in [0.15, 0.2) is 18.2 Å². The third kappa shape index (κ3) is 5.56. The van der Waals surface area contributed by atoms with Gasteiger partial charge in [-0.1, -0.05) is 6.07 Å². The molecule has 1 N–H and O–H groups in total. The molecule has 1 aromatic carbocycles. The molecule has 5 nitrogen and oxygen atoms in total. The van der Waals surface area contributed by atoms with Crippen LogP contribution in [0.5, 0.6) is 11.5 Å². The number of carbonyl (C=O) groups is 1. The second-order valence-corrected chi connectivity index (χ2v) is 6.07. The fourth-order valence-electron chi connectivity index (χ4n) is 3.12. The van der Waals surface area contributed by atoms with Gasteiger partial charge in [0, 0.05) is 19.5 Å². The minimum absolute atomic E-state index is 0. The number of halogens is 1. The topological polar surface area (TPSA) is 50.8 Å². The van der Waals surface area contributed by atoms with Crippen molar-refractivity contribution in [1.29, 1.82) is 0 Å². The summed E-state index contributed by atoms with van der Waals surface area (Å²) in [5.74, 6) is 2.39. The van der Waals surface area contributed by atoms with Crippen molar-refractivity contribution < 1.29 is 14.3 Å². The maximum Gasteiger partial charge on any atom is 0.222 e. The zero-order chi connectivity index (χ0) is 16.7. The van der Waals surface area contributed by atoms with Crippen LogP contribution in [0.4, 0.5) is 0 Å². The number of ether oxygens (including phenoxy) is 2. The monoisotopic (exact) mass is 356 g/mol. The predicted molar refractivity (Wildman–Crippen MR) is 98.3 cm³/mol. The fourth-order valence-corrected chi connectivity index (χ4v) is 3.12. The number of likely N-dealkylation sites (tertiary alicyclic amines) is 1. The Balaban J connectivity index is 0.00000288. The number of piperidine rings is 1. The Morgan fingerprint density at radius 2 is 1.88 bits per heavy atom. The molecule has 0 spiro atoms. The summed E-state index contributed by atoms with van der Waals surface area (Å²) in [6, 6.07) is 5.83. The van der Waals surface area contributed by atoms with E-state index in [1.165, 1.54) is 0 Å². The number of nitrogens with one attached hydrogen (secondary N) is 1. The number of hydrogen-bond donors (Lipinski definition) is 1. The van der Waals surface area contributed by atoms with E-state index in [0.717, 1.165) is 44.5 Å². The highest BCUT2D eigenvalue weighted by Crippen LogP contribution is 2.28. The van der Waals surface area contributed by atoms with Crippen LogP contribution in [0.25, 0.3) is 0 Å². The number of rotatable bonds is 7. The lowest BCUT2D eigenvalue weighted by Crippen LogP contribution is -2.40. The first kappa shape index (κ1) is 20.6. The smallest absolute Gasteiger partial charge is 0.222 e. The Morgan fingerprint density at radius 1 is 1.21 bits per heavy atom. The maximum atomic E-state index is 12.4. The van der Waals surface area contributed by atoms with Gasteiger partial charge in [-0.3, -0.25) is 4.79 Å². The van der Waals surface area contributed by atoms with Gasteiger partial charge in [0.05, 0.1) is 14.2 Å². The van der Waals surface area contributed by atoms with E-state index in [0.29, 0.717) is 23.8 Å². The van der Waals surface area contributed by atoms with Crippen LogP contribution in [0.2, 0.25) is 0 Å². The van der Waals surface area contributed by atoms with Gasteiger partial charge in [0.1, 0.15) is 0 Å². The average Bonchev–Trinajstić information content (AvgIpc) is 2.60. The molecule has 0 bridgehead atoms. The molecular weight excluding hydrogens is 328 g/mol. The second kappa shape index (κ2) is 10.4. The third-order valence-corrected chi connectivity index (χ3v) is 4.54. The van der Waals surface area contributed by atoms with Gasteiger partial charge in [-0.15, -0.1) is 12.4 Å². The average molecular weight is 357 g/mol. The summed E-state index contributed by atoms with van der Waals surface area (Å²) in [5, 5.41) is 3.22. The van der Waals surface area contributed by atoms with E-state index in [1.54, 1.807) is 14.2 Å². The molecule has 1 heterocycles. The van der Waals surface area contributed by atoms with Gasteiger partial charge in [0.15, 0.2) is 11.5 Å². The normalized spacial score (nSPS) is 14.9. The van der Waals surface area contributed by atoms with Crippen molar-refractivity contribution in [2.75, 3.05) is 40.9 Å². The van der Waals surface area contributed by atoms with Crippen LogP contribution in [0.3, 0.4) is 0 Å². The molecule has 1 amide bonds. The Bertz CT molecular complexity index is 517. The molecule has 1 saturated heterocycles. The number of amides is 1. The Labute approximate surface area is 151 Å². The molecule has 0 aromatic heterocycles. The van der Waals surface area contributed by atoms with Gasteiger partial charge in [-0.25, -0.2) is 0 Å². The first-order valence-corrected chi connectivity index (χ1v) is 8.31. The standard InChI is InChI=1S/C18H28N2O3.ClH/c1-19-13-15-8-10-20(11-9-15)18(21)7-5-14-4-6-16(22-2)17(12-14)23-3;/h4,6,12,15,19H,5,7-11,13H2,1-3H3;1H. The van der Waals surface area contributed by atoms with E-state index in [1.807, 2.05) is 30.1 Å². The molecule has 6 heteroatoms. The summed E-state index contributed by atoms with van der Waals surface area (Å²) < 4.78 is 10.5. The van der Waals surface area contributed by atoms with Crippen molar-refractivity contribution in [2.24, 2.45) is 5.92 Å². The molecule has 2 rings (SSSR count). The van der Waals surface area contributed by atoms with Crippen molar-refractivity contribution in [1.82, 2.24) is 10.2 Å². The molecule has 1 fully saturated rings. The number of nitrogens with zero attached hydrogens (tertiary/aromatic N) is 1. The molecule has 136 valence electrons. The lowest BCUT2D eigenvalue weighted by atomic mass is 9.96. The summed E-state index contributed by atoms with van der Waals surface area (Å²) in [4.78, 5) is 14.4. The lowest BCUT2D eigenvalue weighted by molar-refractivity contribution is -0.132. The molecule has 1 aliphatic heterocycles.